The highest BCUT2D eigenvalue weighted by Crippen LogP contribution is 2.28. The fraction of sp³-hybridized carbons (Fsp3) is 0.400. The van der Waals surface area contributed by atoms with Crippen LogP contribution in [0.3, 0.4) is 0 Å². The maximum absolute atomic E-state index is 13.2. The third-order valence-corrected chi connectivity index (χ3v) is 6.62. The summed E-state index contributed by atoms with van der Waals surface area (Å²) in [6, 6.07) is 4.63. The quantitative estimate of drug-likeness (QED) is 0.357. The van der Waals surface area contributed by atoms with Crippen molar-refractivity contribution in [1.29, 1.82) is 0 Å². The van der Waals surface area contributed by atoms with Gasteiger partial charge in [-0.05, 0) is 49.6 Å². The Morgan fingerprint density at radius 2 is 2.18 bits per heavy atom. The molecule has 34 heavy (non-hydrogen) atoms. The van der Waals surface area contributed by atoms with E-state index in [1.54, 1.807) is 22.9 Å². The molecule has 182 valence electrons. The van der Waals surface area contributed by atoms with Gasteiger partial charge in [0.15, 0.2) is 5.22 Å². The van der Waals surface area contributed by atoms with Crippen LogP contribution in [0.5, 0.6) is 0 Å². The lowest BCUT2D eigenvalue weighted by atomic mass is 10.1. The van der Waals surface area contributed by atoms with Gasteiger partial charge >= 0.3 is 10.3 Å². The molecule has 1 aliphatic rings. The predicted molar refractivity (Wildman–Crippen MR) is 121 cm³/mol. The fourth-order valence-electron chi connectivity index (χ4n) is 3.72. The Hall–Kier alpha value is -2.84. The molecule has 0 bridgehead atoms. The van der Waals surface area contributed by atoms with Crippen molar-refractivity contribution in [3.63, 3.8) is 0 Å². The second-order valence-electron chi connectivity index (χ2n) is 7.82. The summed E-state index contributed by atoms with van der Waals surface area (Å²) in [4.78, 5) is 21.3. The second kappa shape index (κ2) is 9.80. The van der Waals surface area contributed by atoms with Gasteiger partial charge in [0.05, 0.1) is 18.2 Å². The minimum atomic E-state index is -3.96. The number of aliphatic hydroxyl groups excluding tert-OH is 1. The van der Waals surface area contributed by atoms with Crippen LogP contribution >= 0.6 is 11.6 Å². The van der Waals surface area contributed by atoms with Gasteiger partial charge in [0, 0.05) is 25.0 Å². The van der Waals surface area contributed by atoms with Crippen LogP contribution in [0.4, 0.5) is 5.82 Å². The van der Waals surface area contributed by atoms with E-state index in [4.69, 9.17) is 20.2 Å². The molecule has 1 saturated carbocycles. The van der Waals surface area contributed by atoms with Crippen LogP contribution < -0.4 is 10.0 Å². The van der Waals surface area contributed by atoms with Gasteiger partial charge < -0.3 is 14.8 Å². The van der Waals surface area contributed by atoms with Crippen LogP contribution in [-0.4, -0.2) is 64.4 Å². The Bertz CT molecular complexity index is 1290. The SMILES string of the molecule is CNS(=O)(=O)O[C@@H]1C[C@H](Nc2ncncc2C(=O)c2cc(C)n(Cc3ccc(Cl)o3)n2)C[C@@H]1O. The average Bonchev–Trinajstić information content (AvgIpc) is 3.47. The van der Waals surface area contributed by atoms with Gasteiger partial charge in [-0.1, -0.05) is 0 Å². The molecule has 4 rings (SSSR count). The lowest BCUT2D eigenvalue weighted by Crippen LogP contribution is -2.31. The summed E-state index contributed by atoms with van der Waals surface area (Å²) in [6.07, 6.45) is 1.14. The van der Waals surface area contributed by atoms with Gasteiger partial charge in [-0.25, -0.2) is 9.97 Å². The first-order valence-electron chi connectivity index (χ1n) is 10.3. The second-order valence-corrected chi connectivity index (χ2v) is 9.70. The number of ketones is 1. The van der Waals surface area contributed by atoms with Gasteiger partial charge in [0.2, 0.25) is 5.78 Å². The molecule has 1 aliphatic carbocycles. The predicted octanol–water partition coefficient (Wildman–Crippen LogP) is 1.29. The maximum Gasteiger partial charge on any atom is 0.335 e. The highest BCUT2D eigenvalue weighted by molar-refractivity contribution is 7.84. The first kappa shape index (κ1) is 24.3. The standard InChI is InChI=1S/C20H23ClN6O6S/c1-11-5-15(26-27(11)9-13-3-4-18(21)32-13)19(29)14-8-23-10-24-20(14)25-12-6-16(28)17(7-12)33-34(30,31)22-2/h3-5,8,10,12,16-17,22,28H,6-7,9H2,1-2H3,(H,23,24,25)/t12-,16+,17-/m1/s1. The number of carbonyl (C=O) groups excluding carboxylic acids is 1. The molecule has 3 heterocycles. The molecule has 0 aliphatic heterocycles. The summed E-state index contributed by atoms with van der Waals surface area (Å²) >= 11 is 5.82. The van der Waals surface area contributed by atoms with E-state index < -0.39 is 28.3 Å². The number of hydrogen-bond acceptors (Lipinski definition) is 10. The fourth-order valence-corrected chi connectivity index (χ4v) is 4.51. The van der Waals surface area contributed by atoms with E-state index in [1.807, 2.05) is 6.92 Å². The molecule has 0 spiro atoms. The van der Waals surface area contributed by atoms with E-state index in [-0.39, 0.29) is 41.2 Å². The molecule has 0 unspecified atom stereocenters. The number of aryl methyl sites for hydroxylation is 1. The van der Waals surface area contributed by atoms with Crippen LogP contribution in [0.2, 0.25) is 5.22 Å². The van der Waals surface area contributed by atoms with Gasteiger partial charge in [-0.3, -0.25) is 13.7 Å². The molecular weight excluding hydrogens is 488 g/mol. The molecule has 3 N–H and O–H groups in total. The number of nitrogens with one attached hydrogen (secondary N) is 2. The van der Waals surface area contributed by atoms with Crippen molar-refractivity contribution in [3.8, 4) is 0 Å². The van der Waals surface area contributed by atoms with E-state index in [2.05, 4.69) is 25.1 Å². The van der Waals surface area contributed by atoms with E-state index in [1.165, 1.54) is 19.6 Å². The topological polar surface area (TPSA) is 161 Å². The molecule has 0 saturated heterocycles. The van der Waals surface area contributed by atoms with Gasteiger partial charge in [-0.2, -0.15) is 18.2 Å². The van der Waals surface area contributed by atoms with Crippen LogP contribution in [-0.2, 0) is 21.0 Å². The van der Waals surface area contributed by atoms with E-state index in [0.717, 1.165) is 5.69 Å². The number of hydrogen-bond donors (Lipinski definition) is 3. The van der Waals surface area contributed by atoms with Crippen molar-refractivity contribution in [1.82, 2.24) is 24.5 Å². The number of halogens is 1. The number of aliphatic hydroxyl groups is 1. The zero-order valence-electron chi connectivity index (χ0n) is 18.3. The first-order chi connectivity index (χ1) is 16.1. The Morgan fingerprint density at radius 1 is 1.38 bits per heavy atom. The number of carbonyl (C=O) groups is 1. The third kappa shape index (κ3) is 5.45. The van der Waals surface area contributed by atoms with Crippen LogP contribution in [0.25, 0.3) is 0 Å². The molecule has 14 heteroatoms. The zero-order valence-corrected chi connectivity index (χ0v) is 19.9. The summed E-state index contributed by atoms with van der Waals surface area (Å²) in [5, 5.41) is 18.0. The van der Waals surface area contributed by atoms with Crippen molar-refractivity contribution >= 4 is 33.5 Å². The Balaban J connectivity index is 1.49. The van der Waals surface area contributed by atoms with Gasteiger partial charge in [0.1, 0.15) is 29.7 Å². The van der Waals surface area contributed by atoms with Crippen molar-refractivity contribution in [3.05, 3.63) is 58.7 Å². The summed E-state index contributed by atoms with van der Waals surface area (Å²) < 4.78 is 37.3. The smallest absolute Gasteiger partial charge is 0.335 e. The molecule has 0 radical (unpaired) electrons. The number of aromatic nitrogens is 4. The van der Waals surface area contributed by atoms with Crippen LogP contribution in [0.1, 0.15) is 40.3 Å². The lowest BCUT2D eigenvalue weighted by molar-refractivity contribution is 0.0636. The normalized spacial score (nSPS) is 20.5. The van der Waals surface area contributed by atoms with Crippen molar-refractivity contribution in [2.45, 2.75) is 44.6 Å². The summed E-state index contributed by atoms with van der Waals surface area (Å²) in [7, 11) is -2.73. The summed E-state index contributed by atoms with van der Waals surface area (Å²) in [6.45, 7) is 2.12. The number of anilines is 1. The molecule has 3 aromatic heterocycles. The van der Waals surface area contributed by atoms with Gasteiger partial charge in [0.25, 0.3) is 0 Å². The Kier molecular flexibility index (Phi) is 7.00. The highest BCUT2D eigenvalue weighted by atomic mass is 35.5. The number of nitrogens with zero attached hydrogens (tertiary/aromatic N) is 4. The summed E-state index contributed by atoms with van der Waals surface area (Å²) in [5.74, 6) is 0.448. The average molecular weight is 511 g/mol. The Labute approximate surface area is 200 Å². The monoisotopic (exact) mass is 510 g/mol. The zero-order chi connectivity index (χ0) is 24.5. The molecule has 3 atom stereocenters. The van der Waals surface area contributed by atoms with Gasteiger partial charge in [-0.15, -0.1) is 0 Å². The van der Waals surface area contributed by atoms with Crippen molar-refractivity contribution < 1.29 is 26.9 Å². The molecule has 3 aromatic rings. The van der Waals surface area contributed by atoms with Crippen molar-refractivity contribution in [2.24, 2.45) is 0 Å². The first-order valence-corrected chi connectivity index (χ1v) is 12.1. The maximum atomic E-state index is 13.2. The molecule has 0 amide bonds. The minimum absolute atomic E-state index is 0.190. The number of furan rings is 1. The third-order valence-electron chi connectivity index (χ3n) is 5.42. The molecule has 12 nitrogen and oxygen atoms in total. The molecule has 1 fully saturated rings. The molecule has 0 aromatic carbocycles. The highest BCUT2D eigenvalue weighted by Gasteiger charge is 2.37. The Morgan fingerprint density at radius 3 is 2.88 bits per heavy atom. The van der Waals surface area contributed by atoms with E-state index in [9.17, 15) is 18.3 Å². The van der Waals surface area contributed by atoms with Crippen LogP contribution in [0, 0.1) is 6.92 Å². The lowest BCUT2D eigenvalue weighted by Gasteiger charge is -2.15. The van der Waals surface area contributed by atoms with E-state index >= 15 is 0 Å². The summed E-state index contributed by atoms with van der Waals surface area (Å²) in [5.41, 5.74) is 1.13. The molecular formula is C20H23ClN6O6S. The van der Waals surface area contributed by atoms with Crippen molar-refractivity contribution in [2.75, 3.05) is 12.4 Å². The number of rotatable bonds is 9. The minimum Gasteiger partial charge on any atom is -0.448 e. The van der Waals surface area contributed by atoms with Crippen LogP contribution in [0.15, 0.2) is 35.1 Å². The van der Waals surface area contributed by atoms with E-state index in [0.29, 0.717) is 12.3 Å². The largest absolute Gasteiger partial charge is 0.448 e.